The summed E-state index contributed by atoms with van der Waals surface area (Å²) in [5.74, 6) is 1.09. The van der Waals surface area contributed by atoms with Gasteiger partial charge in [0.05, 0.1) is 12.8 Å². The van der Waals surface area contributed by atoms with Crippen molar-refractivity contribution in [3.05, 3.63) is 59.9 Å². The summed E-state index contributed by atoms with van der Waals surface area (Å²) in [4.78, 5) is 20.9. The maximum atomic E-state index is 13.0. The summed E-state index contributed by atoms with van der Waals surface area (Å²) < 4.78 is 23.6. The second kappa shape index (κ2) is 7.71. The van der Waals surface area contributed by atoms with Gasteiger partial charge < -0.3 is 13.8 Å². The first-order chi connectivity index (χ1) is 13.2. The fourth-order valence-electron chi connectivity index (χ4n) is 3.12. The quantitative estimate of drug-likeness (QED) is 0.703. The van der Waals surface area contributed by atoms with Crippen LogP contribution in [-0.2, 0) is 6.54 Å². The van der Waals surface area contributed by atoms with E-state index in [9.17, 15) is 9.18 Å². The molecule has 0 atom stereocenters. The first kappa shape index (κ1) is 17.4. The van der Waals surface area contributed by atoms with Crippen molar-refractivity contribution in [2.75, 3.05) is 26.2 Å². The molecule has 1 saturated heterocycles. The number of carbonyl (C=O) groups is 1. The number of hydrogen-bond acceptors (Lipinski definition) is 6. The van der Waals surface area contributed by atoms with Crippen LogP contribution in [0.2, 0.25) is 0 Å². The van der Waals surface area contributed by atoms with E-state index in [0.29, 0.717) is 49.2 Å². The van der Waals surface area contributed by atoms with Crippen LogP contribution < -0.4 is 0 Å². The van der Waals surface area contributed by atoms with Crippen LogP contribution in [0.25, 0.3) is 11.6 Å². The van der Waals surface area contributed by atoms with Gasteiger partial charge in [0.25, 0.3) is 5.91 Å². The Bertz CT molecular complexity index is 892. The highest BCUT2D eigenvalue weighted by Crippen LogP contribution is 2.17. The summed E-state index contributed by atoms with van der Waals surface area (Å²) in [5.41, 5.74) is 0.504. The van der Waals surface area contributed by atoms with Crippen LogP contribution in [0.3, 0.4) is 0 Å². The molecule has 0 bridgehead atoms. The summed E-state index contributed by atoms with van der Waals surface area (Å²) in [6.07, 6.45) is 2.40. The third-order valence-electron chi connectivity index (χ3n) is 4.54. The molecule has 2 aromatic heterocycles. The van der Waals surface area contributed by atoms with E-state index in [1.165, 1.54) is 24.3 Å². The molecule has 1 amide bonds. The molecule has 0 unspecified atom stereocenters. The summed E-state index contributed by atoms with van der Waals surface area (Å²) >= 11 is 0. The second-order valence-corrected chi connectivity index (χ2v) is 6.42. The SMILES string of the molecule is O=C(c1ccc(F)cc1)N1CCCN(Cc2nc(-c3ccco3)no2)CC1. The fraction of sp³-hybridized carbons (Fsp3) is 0.316. The third kappa shape index (κ3) is 4.06. The number of furan rings is 1. The standard InChI is InChI=1S/C19H19FN4O3/c20-15-6-4-14(5-7-15)19(25)24-9-2-8-23(10-11-24)13-17-21-18(22-27-17)16-3-1-12-26-16/h1,3-7,12H,2,8-11,13H2. The van der Waals surface area contributed by atoms with E-state index in [4.69, 9.17) is 8.94 Å². The lowest BCUT2D eigenvalue weighted by atomic mass is 10.2. The number of carbonyl (C=O) groups excluding carboxylic acids is 1. The largest absolute Gasteiger partial charge is 0.461 e. The highest BCUT2D eigenvalue weighted by molar-refractivity contribution is 5.94. The molecule has 1 fully saturated rings. The molecule has 3 aromatic rings. The topological polar surface area (TPSA) is 75.6 Å². The highest BCUT2D eigenvalue weighted by Gasteiger charge is 2.22. The molecule has 1 aliphatic heterocycles. The Labute approximate surface area is 155 Å². The van der Waals surface area contributed by atoms with Crippen LogP contribution in [0, 0.1) is 5.82 Å². The van der Waals surface area contributed by atoms with Crippen molar-refractivity contribution in [2.24, 2.45) is 0 Å². The molecule has 0 saturated carbocycles. The zero-order valence-corrected chi connectivity index (χ0v) is 14.7. The van der Waals surface area contributed by atoms with Gasteiger partial charge in [-0.1, -0.05) is 5.16 Å². The fourth-order valence-corrected chi connectivity index (χ4v) is 3.12. The molecule has 4 rings (SSSR count). The number of benzene rings is 1. The van der Waals surface area contributed by atoms with Gasteiger partial charge in [-0.3, -0.25) is 9.69 Å². The molecule has 3 heterocycles. The lowest BCUT2D eigenvalue weighted by molar-refractivity contribution is 0.0760. The van der Waals surface area contributed by atoms with Gasteiger partial charge in [-0.25, -0.2) is 4.39 Å². The summed E-state index contributed by atoms with van der Waals surface area (Å²) in [7, 11) is 0. The van der Waals surface area contributed by atoms with Crippen molar-refractivity contribution in [1.82, 2.24) is 19.9 Å². The second-order valence-electron chi connectivity index (χ2n) is 6.42. The van der Waals surface area contributed by atoms with Crippen molar-refractivity contribution in [1.29, 1.82) is 0 Å². The number of hydrogen-bond donors (Lipinski definition) is 0. The van der Waals surface area contributed by atoms with E-state index in [2.05, 4.69) is 15.0 Å². The number of halogens is 1. The van der Waals surface area contributed by atoms with Gasteiger partial charge in [-0.15, -0.1) is 0 Å². The normalized spacial score (nSPS) is 15.7. The minimum Gasteiger partial charge on any atom is -0.461 e. The van der Waals surface area contributed by atoms with Crippen LogP contribution in [0.1, 0.15) is 22.7 Å². The monoisotopic (exact) mass is 370 g/mol. The van der Waals surface area contributed by atoms with Gasteiger partial charge in [0.15, 0.2) is 5.76 Å². The molecular weight excluding hydrogens is 351 g/mol. The maximum Gasteiger partial charge on any atom is 0.253 e. The number of nitrogens with zero attached hydrogens (tertiary/aromatic N) is 4. The first-order valence-corrected chi connectivity index (χ1v) is 8.83. The van der Waals surface area contributed by atoms with Crippen molar-refractivity contribution >= 4 is 5.91 Å². The van der Waals surface area contributed by atoms with Crippen LogP contribution in [0.15, 0.2) is 51.6 Å². The summed E-state index contributed by atoms with van der Waals surface area (Å²) in [6, 6.07) is 9.21. The van der Waals surface area contributed by atoms with E-state index in [0.717, 1.165) is 13.0 Å². The molecule has 0 aliphatic carbocycles. The minimum atomic E-state index is -0.345. The Morgan fingerprint density at radius 1 is 1.11 bits per heavy atom. The van der Waals surface area contributed by atoms with Gasteiger partial charge in [0.1, 0.15) is 5.82 Å². The van der Waals surface area contributed by atoms with Crippen molar-refractivity contribution in [3.63, 3.8) is 0 Å². The van der Waals surface area contributed by atoms with E-state index in [1.54, 1.807) is 23.3 Å². The molecule has 0 radical (unpaired) electrons. The van der Waals surface area contributed by atoms with E-state index >= 15 is 0 Å². The Morgan fingerprint density at radius 3 is 2.74 bits per heavy atom. The van der Waals surface area contributed by atoms with E-state index < -0.39 is 0 Å². The van der Waals surface area contributed by atoms with Crippen molar-refractivity contribution < 1.29 is 18.1 Å². The minimum absolute atomic E-state index is 0.0743. The molecule has 8 heteroatoms. The molecule has 27 heavy (non-hydrogen) atoms. The van der Waals surface area contributed by atoms with Crippen LogP contribution in [0.5, 0.6) is 0 Å². The molecule has 140 valence electrons. The smallest absolute Gasteiger partial charge is 0.253 e. The van der Waals surface area contributed by atoms with E-state index in [1.807, 2.05) is 0 Å². The zero-order chi connectivity index (χ0) is 18.6. The summed E-state index contributed by atoms with van der Waals surface area (Å²) in [5, 5.41) is 3.94. The molecule has 0 N–H and O–H groups in total. The third-order valence-corrected chi connectivity index (χ3v) is 4.54. The Morgan fingerprint density at radius 2 is 1.96 bits per heavy atom. The summed E-state index contributed by atoms with van der Waals surface area (Å²) in [6.45, 7) is 3.30. The Hall–Kier alpha value is -3.00. The average Bonchev–Trinajstić information content (AvgIpc) is 3.31. The van der Waals surface area contributed by atoms with Crippen LogP contribution in [0.4, 0.5) is 4.39 Å². The average molecular weight is 370 g/mol. The molecule has 1 aliphatic rings. The van der Waals surface area contributed by atoms with Gasteiger partial charge in [-0.05, 0) is 42.8 Å². The number of rotatable bonds is 4. The highest BCUT2D eigenvalue weighted by atomic mass is 19.1. The predicted octanol–water partition coefficient (Wildman–Crippen LogP) is 2.82. The lowest BCUT2D eigenvalue weighted by Crippen LogP contribution is -2.35. The number of amides is 1. The maximum absolute atomic E-state index is 13.0. The van der Waals surface area contributed by atoms with Crippen molar-refractivity contribution in [2.45, 2.75) is 13.0 Å². The first-order valence-electron chi connectivity index (χ1n) is 8.83. The zero-order valence-electron chi connectivity index (χ0n) is 14.7. The van der Waals surface area contributed by atoms with Crippen LogP contribution in [-0.4, -0.2) is 52.0 Å². The van der Waals surface area contributed by atoms with Gasteiger partial charge >= 0.3 is 0 Å². The van der Waals surface area contributed by atoms with Gasteiger partial charge in [0.2, 0.25) is 11.7 Å². The van der Waals surface area contributed by atoms with Crippen molar-refractivity contribution in [3.8, 4) is 11.6 Å². The Kier molecular flexibility index (Phi) is 4.97. The predicted molar refractivity (Wildman–Crippen MR) is 94.2 cm³/mol. The van der Waals surface area contributed by atoms with E-state index in [-0.39, 0.29) is 11.7 Å². The molecular formula is C19H19FN4O3. The Balaban J connectivity index is 1.36. The number of aromatic nitrogens is 2. The lowest BCUT2D eigenvalue weighted by Gasteiger charge is -2.21. The molecule has 0 spiro atoms. The molecule has 1 aromatic carbocycles. The van der Waals surface area contributed by atoms with Gasteiger partial charge in [0, 0.05) is 31.7 Å². The van der Waals surface area contributed by atoms with Crippen LogP contribution >= 0.6 is 0 Å². The molecule has 7 nitrogen and oxygen atoms in total. The van der Waals surface area contributed by atoms with Gasteiger partial charge in [-0.2, -0.15) is 4.98 Å².